The van der Waals surface area contributed by atoms with Gasteiger partial charge in [-0.15, -0.1) is 0 Å². The third kappa shape index (κ3) is 2.01. The van der Waals surface area contributed by atoms with Gasteiger partial charge < -0.3 is 9.30 Å². The minimum absolute atomic E-state index is 0.0697. The molecule has 1 heterocycles. The lowest BCUT2D eigenvalue weighted by molar-refractivity contribution is 0.408. The van der Waals surface area contributed by atoms with Crippen molar-refractivity contribution in [1.82, 2.24) is 4.57 Å². The SMILES string of the molecule is CCC(C)n1ccc(OC)c(C#N)c1=O. The Bertz CT molecular complexity index is 443. The Balaban J connectivity index is 3.38. The van der Waals surface area contributed by atoms with E-state index >= 15 is 0 Å². The molecule has 15 heavy (non-hydrogen) atoms. The average Bonchev–Trinajstić information content (AvgIpc) is 2.27. The van der Waals surface area contributed by atoms with Crippen LogP contribution >= 0.6 is 0 Å². The molecule has 0 amide bonds. The minimum Gasteiger partial charge on any atom is -0.495 e. The van der Waals surface area contributed by atoms with Crippen LogP contribution < -0.4 is 10.3 Å². The number of methoxy groups -OCH3 is 1. The van der Waals surface area contributed by atoms with Crippen molar-refractivity contribution in [2.45, 2.75) is 26.3 Å². The fraction of sp³-hybridized carbons (Fsp3) is 0.455. The Morgan fingerprint density at radius 2 is 2.33 bits per heavy atom. The first kappa shape index (κ1) is 11.3. The van der Waals surface area contributed by atoms with Crippen molar-refractivity contribution in [1.29, 1.82) is 5.26 Å². The first-order valence-electron chi connectivity index (χ1n) is 4.84. The molecule has 0 N–H and O–H groups in total. The fourth-order valence-electron chi connectivity index (χ4n) is 1.35. The molecule has 1 rings (SSSR count). The molecule has 0 aromatic carbocycles. The second-order valence-electron chi connectivity index (χ2n) is 3.34. The Kier molecular flexibility index (Phi) is 3.51. The average molecular weight is 206 g/mol. The Morgan fingerprint density at radius 3 is 2.80 bits per heavy atom. The molecule has 0 saturated carbocycles. The standard InChI is InChI=1S/C11H14N2O2/c1-4-8(2)13-6-5-10(15-3)9(7-12)11(13)14/h5-6,8H,4H2,1-3H3. The number of hydrogen-bond donors (Lipinski definition) is 0. The summed E-state index contributed by atoms with van der Waals surface area (Å²) >= 11 is 0. The maximum absolute atomic E-state index is 11.8. The molecule has 0 aliphatic rings. The summed E-state index contributed by atoms with van der Waals surface area (Å²) in [5.41, 5.74) is -0.216. The highest BCUT2D eigenvalue weighted by atomic mass is 16.5. The maximum atomic E-state index is 11.8. The van der Waals surface area contributed by atoms with E-state index in [-0.39, 0.29) is 17.2 Å². The minimum atomic E-state index is -0.286. The largest absolute Gasteiger partial charge is 0.495 e. The normalized spacial score (nSPS) is 11.9. The number of aromatic nitrogens is 1. The zero-order valence-electron chi connectivity index (χ0n) is 9.15. The van der Waals surface area contributed by atoms with Gasteiger partial charge in [0.2, 0.25) is 0 Å². The molecule has 0 bridgehead atoms. The molecular weight excluding hydrogens is 192 g/mol. The van der Waals surface area contributed by atoms with Gasteiger partial charge in [-0.2, -0.15) is 5.26 Å². The van der Waals surface area contributed by atoms with Gasteiger partial charge in [-0.1, -0.05) is 6.92 Å². The molecule has 0 aliphatic carbocycles. The molecule has 0 spiro atoms. The van der Waals surface area contributed by atoms with Crippen LogP contribution in [-0.4, -0.2) is 11.7 Å². The molecule has 0 fully saturated rings. The van der Waals surface area contributed by atoms with Crippen molar-refractivity contribution in [2.75, 3.05) is 7.11 Å². The third-order valence-corrected chi connectivity index (χ3v) is 2.48. The van der Waals surface area contributed by atoms with Crippen molar-refractivity contribution >= 4 is 0 Å². The smallest absolute Gasteiger partial charge is 0.272 e. The molecule has 1 unspecified atom stereocenters. The lowest BCUT2D eigenvalue weighted by atomic mass is 10.2. The van der Waals surface area contributed by atoms with E-state index < -0.39 is 0 Å². The van der Waals surface area contributed by atoms with E-state index in [4.69, 9.17) is 10.00 Å². The van der Waals surface area contributed by atoms with Crippen LogP contribution in [0.1, 0.15) is 31.9 Å². The summed E-state index contributed by atoms with van der Waals surface area (Å²) in [6.07, 6.45) is 2.51. The Morgan fingerprint density at radius 1 is 1.67 bits per heavy atom. The van der Waals surface area contributed by atoms with Crippen molar-refractivity contribution in [3.63, 3.8) is 0 Å². The van der Waals surface area contributed by atoms with E-state index in [2.05, 4.69) is 0 Å². The first-order valence-corrected chi connectivity index (χ1v) is 4.84. The number of rotatable bonds is 3. The van der Waals surface area contributed by atoms with Crippen molar-refractivity contribution in [3.8, 4) is 11.8 Å². The number of ether oxygens (including phenoxy) is 1. The van der Waals surface area contributed by atoms with E-state index in [1.165, 1.54) is 7.11 Å². The van der Waals surface area contributed by atoms with Crippen LogP contribution in [0.5, 0.6) is 5.75 Å². The predicted octanol–water partition coefficient (Wildman–Crippen LogP) is 1.70. The summed E-state index contributed by atoms with van der Waals surface area (Å²) in [5.74, 6) is 0.335. The zero-order chi connectivity index (χ0) is 11.4. The fourth-order valence-corrected chi connectivity index (χ4v) is 1.35. The second kappa shape index (κ2) is 4.65. The molecule has 0 radical (unpaired) electrons. The van der Waals surface area contributed by atoms with Gasteiger partial charge >= 0.3 is 0 Å². The zero-order valence-corrected chi connectivity index (χ0v) is 9.15. The number of nitrogens with zero attached hydrogens (tertiary/aromatic N) is 2. The van der Waals surface area contributed by atoms with Gasteiger partial charge in [0.15, 0.2) is 5.56 Å². The Hall–Kier alpha value is -1.76. The molecule has 1 aromatic rings. The summed E-state index contributed by atoms with van der Waals surface area (Å²) in [6.45, 7) is 3.93. The van der Waals surface area contributed by atoms with Gasteiger partial charge in [0, 0.05) is 12.2 Å². The maximum Gasteiger partial charge on any atom is 0.272 e. The van der Waals surface area contributed by atoms with Crippen LogP contribution in [0.3, 0.4) is 0 Å². The Labute approximate surface area is 88.7 Å². The van der Waals surface area contributed by atoms with Crippen LogP contribution in [0.25, 0.3) is 0 Å². The van der Waals surface area contributed by atoms with Crippen molar-refractivity contribution in [3.05, 3.63) is 28.2 Å². The van der Waals surface area contributed by atoms with Crippen molar-refractivity contribution < 1.29 is 4.74 Å². The summed E-state index contributed by atoms with van der Waals surface area (Å²) in [5, 5.41) is 8.87. The van der Waals surface area contributed by atoms with E-state index in [0.717, 1.165) is 6.42 Å². The molecule has 1 aromatic heterocycles. The number of nitriles is 1. The van der Waals surface area contributed by atoms with E-state index in [1.807, 2.05) is 19.9 Å². The highest BCUT2D eigenvalue weighted by Gasteiger charge is 2.12. The monoisotopic (exact) mass is 206 g/mol. The van der Waals surface area contributed by atoms with Gasteiger partial charge in [-0.3, -0.25) is 4.79 Å². The summed E-state index contributed by atoms with van der Waals surface area (Å²) in [4.78, 5) is 11.8. The third-order valence-electron chi connectivity index (χ3n) is 2.48. The van der Waals surface area contributed by atoms with Gasteiger partial charge in [-0.25, -0.2) is 0 Å². The van der Waals surface area contributed by atoms with Gasteiger partial charge in [0.05, 0.1) is 7.11 Å². The lowest BCUT2D eigenvalue weighted by Gasteiger charge is -2.13. The molecule has 4 nitrogen and oxygen atoms in total. The van der Waals surface area contributed by atoms with Gasteiger partial charge in [0.1, 0.15) is 11.8 Å². The van der Waals surface area contributed by atoms with E-state index in [0.29, 0.717) is 5.75 Å². The molecule has 1 atom stereocenters. The molecule has 0 aliphatic heterocycles. The summed E-state index contributed by atoms with van der Waals surface area (Å²) in [6, 6.07) is 3.61. The highest BCUT2D eigenvalue weighted by Crippen LogP contribution is 2.15. The molecule has 80 valence electrons. The van der Waals surface area contributed by atoms with E-state index in [1.54, 1.807) is 16.8 Å². The molecule has 0 saturated heterocycles. The highest BCUT2D eigenvalue weighted by molar-refractivity contribution is 5.40. The second-order valence-corrected chi connectivity index (χ2v) is 3.34. The summed E-state index contributed by atoms with van der Waals surface area (Å²) < 4.78 is 6.51. The quantitative estimate of drug-likeness (QED) is 0.756. The van der Waals surface area contributed by atoms with Crippen LogP contribution in [0, 0.1) is 11.3 Å². The summed E-state index contributed by atoms with van der Waals surface area (Å²) in [7, 11) is 1.45. The van der Waals surface area contributed by atoms with Crippen molar-refractivity contribution in [2.24, 2.45) is 0 Å². The van der Waals surface area contributed by atoms with Gasteiger partial charge in [-0.05, 0) is 19.4 Å². The van der Waals surface area contributed by atoms with Crippen LogP contribution in [0.2, 0.25) is 0 Å². The van der Waals surface area contributed by atoms with Crippen LogP contribution in [-0.2, 0) is 0 Å². The predicted molar refractivity (Wildman–Crippen MR) is 57.0 cm³/mol. The van der Waals surface area contributed by atoms with Gasteiger partial charge in [0.25, 0.3) is 5.56 Å². The number of hydrogen-bond acceptors (Lipinski definition) is 3. The van der Waals surface area contributed by atoms with Crippen LogP contribution in [0.15, 0.2) is 17.1 Å². The molecule has 4 heteroatoms. The number of pyridine rings is 1. The first-order chi connectivity index (χ1) is 7.15. The van der Waals surface area contributed by atoms with E-state index in [9.17, 15) is 4.79 Å². The topological polar surface area (TPSA) is 55.0 Å². The molecular formula is C11H14N2O2. The lowest BCUT2D eigenvalue weighted by Crippen LogP contribution is -2.25. The van der Waals surface area contributed by atoms with Crippen LogP contribution in [0.4, 0.5) is 0 Å².